The normalized spacial score (nSPS) is 15.9. The van der Waals surface area contributed by atoms with E-state index in [1.807, 2.05) is 9.80 Å². The molecule has 0 saturated carbocycles. The molecule has 0 spiro atoms. The molecule has 2 aromatic carbocycles. The van der Waals surface area contributed by atoms with Gasteiger partial charge in [-0.25, -0.2) is 8.78 Å². The summed E-state index contributed by atoms with van der Waals surface area (Å²) in [5, 5.41) is 13.3. The van der Waals surface area contributed by atoms with Crippen LogP contribution in [0.2, 0.25) is 0 Å². The van der Waals surface area contributed by atoms with Crippen LogP contribution in [0.15, 0.2) is 42.5 Å². The fraction of sp³-hybridized carbons (Fsp3) is 0.316. The first-order valence-electron chi connectivity index (χ1n) is 8.85. The topological polar surface area (TPSA) is 78.7 Å². The SMILES string of the molecule is CC(C(=O)Nc1c(F)cccc1F)N1CCN(c2cccc([N+](=O)[O-])c2)CC1. The molecule has 1 aliphatic rings. The molecule has 1 fully saturated rings. The Hall–Kier alpha value is -3.07. The van der Waals surface area contributed by atoms with Gasteiger partial charge in [-0.3, -0.25) is 19.8 Å². The second kappa shape index (κ2) is 8.30. The van der Waals surface area contributed by atoms with Crippen LogP contribution in [0.4, 0.5) is 25.8 Å². The van der Waals surface area contributed by atoms with Crippen molar-refractivity contribution in [2.75, 3.05) is 36.4 Å². The van der Waals surface area contributed by atoms with Crippen LogP contribution in [-0.2, 0) is 4.79 Å². The lowest BCUT2D eigenvalue weighted by molar-refractivity contribution is -0.384. The molecular formula is C19H20F2N4O3. The average molecular weight is 390 g/mol. The van der Waals surface area contributed by atoms with Crippen molar-refractivity contribution in [2.45, 2.75) is 13.0 Å². The Bertz CT molecular complexity index is 865. The van der Waals surface area contributed by atoms with Crippen molar-refractivity contribution in [2.24, 2.45) is 0 Å². The third-order valence-corrected chi connectivity index (χ3v) is 4.86. The number of carbonyl (C=O) groups excluding carboxylic acids is 1. The molecule has 1 unspecified atom stereocenters. The minimum atomic E-state index is -0.823. The van der Waals surface area contributed by atoms with E-state index < -0.39 is 34.2 Å². The van der Waals surface area contributed by atoms with Gasteiger partial charge >= 0.3 is 0 Å². The summed E-state index contributed by atoms with van der Waals surface area (Å²) in [6, 6.07) is 9.23. The molecule has 1 aliphatic heterocycles. The van der Waals surface area contributed by atoms with Crippen LogP contribution >= 0.6 is 0 Å². The maximum Gasteiger partial charge on any atom is 0.271 e. The highest BCUT2D eigenvalue weighted by molar-refractivity contribution is 5.94. The highest BCUT2D eigenvalue weighted by Gasteiger charge is 2.27. The molecule has 2 aromatic rings. The van der Waals surface area contributed by atoms with Crippen LogP contribution in [0.1, 0.15) is 6.92 Å². The van der Waals surface area contributed by atoms with Crippen LogP contribution < -0.4 is 10.2 Å². The van der Waals surface area contributed by atoms with Gasteiger partial charge in [-0.2, -0.15) is 0 Å². The molecule has 1 atom stereocenters. The van der Waals surface area contributed by atoms with Gasteiger partial charge in [0.1, 0.15) is 17.3 Å². The summed E-state index contributed by atoms with van der Waals surface area (Å²) in [4.78, 5) is 26.8. The number of hydrogen-bond donors (Lipinski definition) is 1. The number of nitrogens with one attached hydrogen (secondary N) is 1. The lowest BCUT2D eigenvalue weighted by atomic mass is 10.2. The van der Waals surface area contributed by atoms with Gasteiger partial charge in [0.05, 0.1) is 11.0 Å². The molecule has 3 rings (SSSR count). The number of hydrogen-bond acceptors (Lipinski definition) is 5. The van der Waals surface area contributed by atoms with E-state index in [1.165, 1.54) is 18.2 Å². The monoisotopic (exact) mass is 390 g/mol. The Morgan fingerprint density at radius 3 is 2.32 bits per heavy atom. The van der Waals surface area contributed by atoms with Crippen molar-refractivity contribution in [3.8, 4) is 0 Å². The smallest absolute Gasteiger partial charge is 0.271 e. The number of halogens is 2. The fourth-order valence-corrected chi connectivity index (χ4v) is 3.18. The summed E-state index contributed by atoms with van der Waals surface area (Å²) in [6.45, 7) is 3.91. The first-order valence-corrected chi connectivity index (χ1v) is 8.85. The van der Waals surface area contributed by atoms with Crippen molar-refractivity contribution in [1.82, 2.24) is 4.90 Å². The van der Waals surface area contributed by atoms with Crippen LogP contribution in [0.25, 0.3) is 0 Å². The summed E-state index contributed by atoms with van der Waals surface area (Å²) >= 11 is 0. The fourth-order valence-electron chi connectivity index (χ4n) is 3.18. The van der Waals surface area contributed by atoms with Crippen LogP contribution in [0.3, 0.4) is 0 Å². The molecule has 1 N–H and O–H groups in total. The van der Waals surface area contributed by atoms with Crippen LogP contribution in [0, 0.1) is 21.7 Å². The quantitative estimate of drug-likeness (QED) is 0.627. The van der Waals surface area contributed by atoms with Gasteiger partial charge in [-0.1, -0.05) is 12.1 Å². The molecule has 1 heterocycles. The maximum atomic E-state index is 13.7. The number of para-hydroxylation sites is 1. The largest absolute Gasteiger partial charge is 0.369 e. The van der Waals surface area contributed by atoms with E-state index in [0.717, 1.165) is 17.8 Å². The van der Waals surface area contributed by atoms with E-state index in [1.54, 1.807) is 19.1 Å². The van der Waals surface area contributed by atoms with Gasteiger partial charge in [0.25, 0.3) is 5.69 Å². The molecule has 9 heteroatoms. The zero-order valence-corrected chi connectivity index (χ0v) is 15.3. The van der Waals surface area contributed by atoms with Gasteiger partial charge in [-0.15, -0.1) is 0 Å². The van der Waals surface area contributed by atoms with E-state index in [4.69, 9.17) is 0 Å². The number of carbonyl (C=O) groups is 1. The van der Waals surface area contributed by atoms with Crippen molar-refractivity contribution in [1.29, 1.82) is 0 Å². The Labute approximate surface area is 160 Å². The van der Waals surface area contributed by atoms with Crippen molar-refractivity contribution in [3.05, 3.63) is 64.2 Å². The molecule has 0 aliphatic carbocycles. The molecule has 0 aromatic heterocycles. The standard InChI is InChI=1S/C19H20F2N4O3/c1-13(19(26)22-18-16(20)6-3-7-17(18)21)23-8-10-24(11-9-23)14-4-2-5-15(12-14)25(27)28/h2-7,12-13H,8-11H2,1H3,(H,22,26). The van der Waals surface area contributed by atoms with Gasteiger partial charge < -0.3 is 10.2 Å². The number of amides is 1. The van der Waals surface area contributed by atoms with E-state index in [2.05, 4.69) is 5.32 Å². The summed E-state index contributed by atoms with van der Waals surface area (Å²) in [5.41, 5.74) is 0.327. The average Bonchev–Trinajstić information content (AvgIpc) is 2.70. The highest BCUT2D eigenvalue weighted by Crippen LogP contribution is 2.23. The van der Waals surface area contributed by atoms with Gasteiger partial charge in [0, 0.05) is 44.0 Å². The Balaban J connectivity index is 1.60. The van der Waals surface area contributed by atoms with Crippen LogP contribution in [0.5, 0.6) is 0 Å². The number of nitro benzene ring substituents is 1. The first-order chi connectivity index (χ1) is 13.4. The molecule has 7 nitrogen and oxygen atoms in total. The molecule has 0 radical (unpaired) electrons. The van der Waals surface area contributed by atoms with Crippen molar-refractivity contribution < 1.29 is 18.5 Å². The molecule has 148 valence electrons. The number of nitro groups is 1. The second-order valence-electron chi connectivity index (χ2n) is 6.56. The van der Waals surface area contributed by atoms with E-state index in [0.29, 0.717) is 26.2 Å². The van der Waals surface area contributed by atoms with Gasteiger partial charge in [-0.05, 0) is 25.1 Å². The minimum absolute atomic E-state index is 0.0274. The Morgan fingerprint density at radius 1 is 1.11 bits per heavy atom. The predicted octanol–water partition coefficient (Wildman–Crippen LogP) is 3.02. The molecular weight excluding hydrogens is 370 g/mol. The van der Waals surface area contributed by atoms with Gasteiger partial charge in [0.15, 0.2) is 0 Å². The Kier molecular flexibility index (Phi) is 5.84. The zero-order chi connectivity index (χ0) is 20.3. The molecule has 1 saturated heterocycles. The summed E-state index contributed by atoms with van der Waals surface area (Å²) in [7, 11) is 0. The van der Waals surface area contributed by atoms with Crippen LogP contribution in [-0.4, -0.2) is 48.0 Å². The van der Waals surface area contributed by atoms with Crippen molar-refractivity contribution in [3.63, 3.8) is 0 Å². The third-order valence-electron chi connectivity index (χ3n) is 4.86. The number of benzene rings is 2. The predicted molar refractivity (Wildman–Crippen MR) is 101 cm³/mol. The molecule has 0 bridgehead atoms. The number of non-ortho nitro benzene ring substituents is 1. The number of rotatable bonds is 5. The highest BCUT2D eigenvalue weighted by atomic mass is 19.1. The minimum Gasteiger partial charge on any atom is -0.369 e. The number of nitrogens with zero attached hydrogens (tertiary/aromatic N) is 3. The van der Waals surface area contributed by atoms with E-state index >= 15 is 0 Å². The number of anilines is 2. The zero-order valence-electron chi connectivity index (χ0n) is 15.3. The summed E-state index contributed by atoms with van der Waals surface area (Å²) in [6.07, 6.45) is 0. The lowest BCUT2D eigenvalue weighted by Gasteiger charge is -2.38. The Morgan fingerprint density at radius 2 is 1.71 bits per heavy atom. The van der Waals surface area contributed by atoms with E-state index in [9.17, 15) is 23.7 Å². The second-order valence-corrected chi connectivity index (χ2v) is 6.56. The maximum absolute atomic E-state index is 13.7. The lowest BCUT2D eigenvalue weighted by Crippen LogP contribution is -2.52. The van der Waals surface area contributed by atoms with Crippen molar-refractivity contribution >= 4 is 23.0 Å². The van der Waals surface area contributed by atoms with E-state index in [-0.39, 0.29) is 5.69 Å². The van der Waals surface area contributed by atoms with Gasteiger partial charge in [0.2, 0.25) is 5.91 Å². The summed E-state index contributed by atoms with van der Waals surface area (Å²) < 4.78 is 27.4. The molecule has 28 heavy (non-hydrogen) atoms. The molecule has 1 amide bonds. The summed E-state index contributed by atoms with van der Waals surface area (Å²) in [5.74, 6) is -2.14. The third kappa shape index (κ3) is 4.25. The number of piperazine rings is 1. The first kappa shape index (κ1) is 19.7.